The van der Waals surface area contributed by atoms with Gasteiger partial charge >= 0.3 is 0 Å². The average molecular weight is 481 g/mol. The van der Waals surface area contributed by atoms with Crippen LogP contribution in [0.25, 0.3) is 0 Å². The molecule has 0 radical (unpaired) electrons. The maximum absolute atomic E-state index is 6.28. The third-order valence-corrected chi connectivity index (χ3v) is 6.24. The topological polar surface area (TPSA) is 18.5 Å². The third-order valence-electron chi connectivity index (χ3n) is 6.24. The van der Waals surface area contributed by atoms with E-state index in [4.69, 9.17) is 9.47 Å². The summed E-state index contributed by atoms with van der Waals surface area (Å²) in [5.74, 6) is 0.818. The molecule has 0 saturated heterocycles. The van der Waals surface area contributed by atoms with Crippen LogP contribution in [-0.4, -0.2) is 19.5 Å². The molecule has 2 heteroatoms. The molecule has 0 aliphatic heterocycles. The fourth-order valence-corrected chi connectivity index (χ4v) is 3.83. The minimum Gasteiger partial charge on any atom is -0.348 e. The van der Waals surface area contributed by atoms with Crippen molar-refractivity contribution >= 4 is 0 Å². The van der Waals surface area contributed by atoms with Gasteiger partial charge in [-0.15, -0.1) is 0 Å². The molecule has 0 fully saturated rings. The number of allylic oxidation sites excluding steroid dienone is 6. The van der Waals surface area contributed by atoms with E-state index in [1.165, 1.54) is 33.4 Å². The molecule has 1 unspecified atom stereocenters. The Morgan fingerprint density at radius 1 is 0.686 bits per heavy atom. The van der Waals surface area contributed by atoms with Crippen LogP contribution in [0.1, 0.15) is 105 Å². The van der Waals surface area contributed by atoms with E-state index >= 15 is 0 Å². The van der Waals surface area contributed by atoms with Crippen LogP contribution in [0.4, 0.5) is 0 Å². The second kappa shape index (κ2) is 17.5. The first-order chi connectivity index (χ1) is 16.6. The molecule has 0 aromatic heterocycles. The van der Waals surface area contributed by atoms with Crippen molar-refractivity contribution in [3.63, 3.8) is 0 Å². The fraction of sp³-hybridized carbons (Fsp3) is 0.576. The van der Waals surface area contributed by atoms with Gasteiger partial charge in [0.1, 0.15) is 0 Å². The number of hydrogen-bond acceptors (Lipinski definition) is 2. The van der Waals surface area contributed by atoms with E-state index in [0.29, 0.717) is 19.1 Å². The zero-order valence-electron chi connectivity index (χ0n) is 24.1. The van der Waals surface area contributed by atoms with Crippen LogP contribution in [0.2, 0.25) is 0 Å². The van der Waals surface area contributed by atoms with E-state index in [0.717, 1.165) is 32.1 Å². The SMILES string of the molecule is CC(C)=CCC/C(C)=C\COC(OC/C=C(/C)CCC=C(C)C)C(C)Cc1ccc(C(C)C)cc1. The molecule has 196 valence electrons. The van der Waals surface area contributed by atoms with Crippen molar-refractivity contribution in [2.24, 2.45) is 5.92 Å². The summed E-state index contributed by atoms with van der Waals surface area (Å²) in [5, 5.41) is 0. The van der Waals surface area contributed by atoms with E-state index < -0.39 is 0 Å². The molecule has 2 nitrogen and oxygen atoms in total. The van der Waals surface area contributed by atoms with Crippen LogP contribution >= 0.6 is 0 Å². The third kappa shape index (κ3) is 15.0. The lowest BCUT2D eigenvalue weighted by Crippen LogP contribution is -2.27. The quantitative estimate of drug-likeness (QED) is 0.173. The molecule has 0 bridgehead atoms. The molecular weight excluding hydrogens is 428 g/mol. The van der Waals surface area contributed by atoms with Gasteiger partial charge in [-0.2, -0.15) is 0 Å². The summed E-state index contributed by atoms with van der Waals surface area (Å²) in [4.78, 5) is 0. The van der Waals surface area contributed by atoms with Crippen LogP contribution in [0.5, 0.6) is 0 Å². The Hall–Kier alpha value is -1.90. The van der Waals surface area contributed by atoms with Gasteiger partial charge in [0.25, 0.3) is 0 Å². The predicted molar refractivity (Wildman–Crippen MR) is 154 cm³/mol. The van der Waals surface area contributed by atoms with Crippen LogP contribution in [-0.2, 0) is 15.9 Å². The first kappa shape index (κ1) is 31.1. The van der Waals surface area contributed by atoms with Gasteiger partial charge in [0.05, 0.1) is 13.2 Å². The van der Waals surface area contributed by atoms with Crippen molar-refractivity contribution in [2.75, 3.05) is 13.2 Å². The zero-order valence-corrected chi connectivity index (χ0v) is 24.1. The van der Waals surface area contributed by atoms with Crippen molar-refractivity contribution < 1.29 is 9.47 Å². The van der Waals surface area contributed by atoms with Crippen molar-refractivity contribution in [3.05, 3.63) is 82.0 Å². The standard InChI is InChI=1S/C33H52O2/c1-25(2)12-10-14-28(7)20-22-34-33(35-23-21-29(8)15-11-13-26(3)4)30(9)24-31-16-18-32(19-17-31)27(5)6/h12-13,16-21,27,30,33H,10-11,14-15,22-24H2,1-9H3/b28-20-,29-21-. The van der Waals surface area contributed by atoms with Gasteiger partial charge in [0, 0.05) is 5.92 Å². The van der Waals surface area contributed by atoms with Crippen LogP contribution < -0.4 is 0 Å². The Morgan fingerprint density at radius 3 is 1.54 bits per heavy atom. The summed E-state index contributed by atoms with van der Waals surface area (Å²) in [5.41, 5.74) is 8.21. The summed E-state index contributed by atoms with van der Waals surface area (Å²) in [7, 11) is 0. The predicted octanol–water partition coefficient (Wildman–Crippen LogP) is 9.73. The lowest BCUT2D eigenvalue weighted by Gasteiger charge is -2.24. The molecule has 1 atom stereocenters. The average Bonchev–Trinajstić information content (AvgIpc) is 2.77. The monoisotopic (exact) mass is 480 g/mol. The van der Waals surface area contributed by atoms with Gasteiger partial charge in [0.2, 0.25) is 0 Å². The molecule has 0 heterocycles. The van der Waals surface area contributed by atoms with E-state index in [1.54, 1.807) is 0 Å². The first-order valence-corrected chi connectivity index (χ1v) is 13.5. The molecular formula is C33H52O2. The van der Waals surface area contributed by atoms with E-state index in [2.05, 4.69) is 111 Å². The van der Waals surface area contributed by atoms with Gasteiger partial charge in [-0.1, -0.05) is 91.6 Å². The van der Waals surface area contributed by atoms with Crippen molar-refractivity contribution in [2.45, 2.75) is 107 Å². The summed E-state index contributed by atoms with van der Waals surface area (Å²) >= 11 is 0. The maximum atomic E-state index is 6.28. The minimum atomic E-state index is -0.233. The molecule has 35 heavy (non-hydrogen) atoms. The molecule has 0 aliphatic rings. The molecule has 0 N–H and O–H groups in total. The Balaban J connectivity index is 2.75. The molecule has 1 aromatic rings. The van der Waals surface area contributed by atoms with Gasteiger partial charge in [0.15, 0.2) is 6.29 Å². The van der Waals surface area contributed by atoms with E-state index in [1.807, 2.05) is 0 Å². The largest absolute Gasteiger partial charge is 0.348 e. The number of hydrogen-bond donors (Lipinski definition) is 0. The Labute approximate surface area is 217 Å². The van der Waals surface area contributed by atoms with Crippen molar-refractivity contribution in [1.29, 1.82) is 0 Å². The van der Waals surface area contributed by atoms with Gasteiger partial charge < -0.3 is 9.47 Å². The highest BCUT2D eigenvalue weighted by Crippen LogP contribution is 2.20. The molecule has 1 rings (SSSR count). The van der Waals surface area contributed by atoms with Crippen molar-refractivity contribution in [3.8, 4) is 0 Å². The summed E-state index contributed by atoms with van der Waals surface area (Å²) in [6.45, 7) is 20.9. The highest BCUT2D eigenvalue weighted by atomic mass is 16.7. The van der Waals surface area contributed by atoms with Gasteiger partial charge in [-0.05, 0) is 90.7 Å². The summed E-state index contributed by atoms with van der Waals surface area (Å²) in [6.07, 6.45) is 14.0. The molecule has 1 aromatic carbocycles. The summed E-state index contributed by atoms with van der Waals surface area (Å²) < 4.78 is 12.6. The highest BCUT2D eigenvalue weighted by Gasteiger charge is 2.19. The van der Waals surface area contributed by atoms with Crippen LogP contribution in [0.15, 0.2) is 70.9 Å². The van der Waals surface area contributed by atoms with E-state index in [-0.39, 0.29) is 12.2 Å². The van der Waals surface area contributed by atoms with Gasteiger partial charge in [-0.3, -0.25) is 0 Å². The smallest absolute Gasteiger partial charge is 0.161 e. The fourth-order valence-electron chi connectivity index (χ4n) is 3.83. The van der Waals surface area contributed by atoms with Crippen LogP contribution in [0.3, 0.4) is 0 Å². The first-order valence-electron chi connectivity index (χ1n) is 13.5. The second-order valence-electron chi connectivity index (χ2n) is 10.9. The van der Waals surface area contributed by atoms with Gasteiger partial charge in [-0.25, -0.2) is 0 Å². The number of rotatable bonds is 16. The Kier molecular flexibility index (Phi) is 15.6. The summed E-state index contributed by atoms with van der Waals surface area (Å²) in [6, 6.07) is 9.01. The number of ether oxygens (including phenoxy) is 2. The molecule has 0 aliphatic carbocycles. The minimum absolute atomic E-state index is 0.233. The Morgan fingerprint density at radius 2 is 1.14 bits per heavy atom. The second-order valence-corrected chi connectivity index (χ2v) is 10.9. The molecule has 0 spiro atoms. The number of benzene rings is 1. The lowest BCUT2D eigenvalue weighted by molar-refractivity contribution is -0.155. The highest BCUT2D eigenvalue weighted by molar-refractivity contribution is 5.25. The molecule has 0 amide bonds. The maximum Gasteiger partial charge on any atom is 0.161 e. The Bertz CT molecular complexity index is 786. The van der Waals surface area contributed by atoms with Crippen LogP contribution in [0, 0.1) is 5.92 Å². The normalized spacial score (nSPS) is 14.1. The van der Waals surface area contributed by atoms with E-state index in [9.17, 15) is 0 Å². The molecule has 0 saturated carbocycles. The lowest BCUT2D eigenvalue weighted by atomic mass is 9.96. The van der Waals surface area contributed by atoms with Crippen molar-refractivity contribution in [1.82, 2.24) is 0 Å². The zero-order chi connectivity index (χ0) is 26.2.